The van der Waals surface area contributed by atoms with Gasteiger partial charge in [-0.1, -0.05) is 0 Å². The molecule has 5 heteroatoms. The summed E-state index contributed by atoms with van der Waals surface area (Å²) in [5, 5.41) is 2.93. The molecule has 0 radical (unpaired) electrons. The van der Waals surface area contributed by atoms with E-state index in [1.165, 1.54) is 4.90 Å². The van der Waals surface area contributed by atoms with Crippen molar-refractivity contribution in [2.45, 2.75) is 12.5 Å². The van der Waals surface area contributed by atoms with Crippen LogP contribution in [0.1, 0.15) is 6.42 Å². The molecule has 1 heterocycles. The van der Waals surface area contributed by atoms with Crippen LogP contribution in [-0.4, -0.2) is 61.9 Å². The highest BCUT2D eigenvalue weighted by Crippen LogP contribution is 2.10. The first-order chi connectivity index (χ1) is 6.56. The predicted molar refractivity (Wildman–Crippen MR) is 52.7 cm³/mol. The number of rotatable bonds is 3. The lowest BCUT2D eigenvalue weighted by molar-refractivity contribution is -0.137. The minimum absolute atomic E-state index is 0.0303. The Labute approximate surface area is 84.0 Å². The topological polar surface area (TPSA) is 52.7 Å². The van der Waals surface area contributed by atoms with Crippen molar-refractivity contribution in [1.82, 2.24) is 15.1 Å². The van der Waals surface area contributed by atoms with E-state index in [1.54, 1.807) is 26.0 Å². The van der Waals surface area contributed by atoms with Crippen LogP contribution in [0.25, 0.3) is 0 Å². The molecule has 0 aromatic rings. The van der Waals surface area contributed by atoms with Gasteiger partial charge in [-0.2, -0.15) is 0 Å². The summed E-state index contributed by atoms with van der Waals surface area (Å²) in [7, 11) is 5.15. The van der Waals surface area contributed by atoms with Gasteiger partial charge in [-0.05, 0) is 13.5 Å². The average Bonchev–Trinajstić information content (AvgIpc) is 2.47. The molecule has 1 rings (SSSR count). The molecule has 0 bridgehead atoms. The molecule has 0 aromatic carbocycles. The van der Waals surface area contributed by atoms with Gasteiger partial charge < -0.3 is 15.1 Å². The molecule has 1 unspecified atom stereocenters. The smallest absolute Gasteiger partial charge is 0.241 e. The van der Waals surface area contributed by atoms with Crippen LogP contribution >= 0.6 is 0 Å². The van der Waals surface area contributed by atoms with Gasteiger partial charge in [-0.3, -0.25) is 9.59 Å². The Morgan fingerprint density at radius 3 is 2.71 bits per heavy atom. The zero-order chi connectivity index (χ0) is 10.7. The number of carbonyl (C=O) groups excluding carboxylic acids is 2. The molecule has 5 nitrogen and oxygen atoms in total. The SMILES string of the molecule is CNC1CCN(CC(=O)N(C)C)C1=O. The first-order valence-electron chi connectivity index (χ1n) is 4.72. The van der Waals surface area contributed by atoms with Gasteiger partial charge >= 0.3 is 0 Å². The molecular formula is C9H17N3O2. The van der Waals surface area contributed by atoms with E-state index < -0.39 is 0 Å². The van der Waals surface area contributed by atoms with Crippen molar-refractivity contribution in [3.8, 4) is 0 Å². The number of hydrogen-bond acceptors (Lipinski definition) is 3. The Bertz CT molecular complexity index is 240. The lowest BCUT2D eigenvalue weighted by Gasteiger charge is -2.18. The summed E-state index contributed by atoms with van der Waals surface area (Å²) >= 11 is 0. The van der Waals surface area contributed by atoms with Crippen LogP contribution < -0.4 is 5.32 Å². The van der Waals surface area contributed by atoms with Gasteiger partial charge in [-0.15, -0.1) is 0 Å². The highest BCUT2D eigenvalue weighted by atomic mass is 16.2. The first-order valence-corrected chi connectivity index (χ1v) is 4.72. The summed E-state index contributed by atoms with van der Waals surface area (Å²) < 4.78 is 0. The summed E-state index contributed by atoms with van der Waals surface area (Å²) in [6, 6.07) is -0.107. The molecule has 80 valence electrons. The molecule has 0 spiro atoms. The van der Waals surface area contributed by atoms with Crippen molar-refractivity contribution < 1.29 is 9.59 Å². The monoisotopic (exact) mass is 199 g/mol. The normalized spacial score (nSPS) is 21.5. The molecule has 1 fully saturated rings. The number of likely N-dealkylation sites (tertiary alicyclic amines) is 1. The maximum atomic E-state index is 11.6. The predicted octanol–water partition coefficient (Wildman–Crippen LogP) is -1.11. The highest BCUT2D eigenvalue weighted by Gasteiger charge is 2.31. The zero-order valence-corrected chi connectivity index (χ0v) is 8.91. The Kier molecular flexibility index (Phi) is 3.46. The molecule has 0 aliphatic carbocycles. The summed E-state index contributed by atoms with van der Waals surface area (Å²) in [5.41, 5.74) is 0. The Hall–Kier alpha value is -1.10. The molecule has 14 heavy (non-hydrogen) atoms. The van der Waals surface area contributed by atoms with E-state index >= 15 is 0 Å². The van der Waals surface area contributed by atoms with Crippen LogP contribution in [0.5, 0.6) is 0 Å². The van der Waals surface area contributed by atoms with Crippen LogP contribution in [-0.2, 0) is 9.59 Å². The van der Waals surface area contributed by atoms with Gasteiger partial charge in [0, 0.05) is 20.6 Å². The van der Waals surface area contributed by atoms with Gasteiger partial charge in [-0.25, -0.2) is 0 Å². The lowest BCUT2D eigenvalue weighted by atomic mass is 10.3. The molecule has 0 aromatic heterocycles. The standard InChI is InChI=1S/C9H17N3O2/c1-10-7-4-5-12(9(7)14)6-8(13)11(2)3/h7,10H,4-6H2,1-3H3. The fourth-order valence-corrected chi connectivity index (χ4v) is 1.47. The second-order valence-electron chi connectivity index (χ2n) is 3.68. The lowest BCUT2D eigenvalue weighted by Crippen LogP contribution is -2.41. The summed E-state index contributed by atoms with van der Waals surface area (Å²) in [4.78, 5) is 26.0. The van der Waals surface area contributed by atoms with E-state index in [0.29, 0.717) is 6.54 Å². The van der Waals surface area contributed by atoms with Crippen LogP contribution in [0, 0.1) is 0 Å². The third-order valence-electron chi connectivity index (χ3n) is 2.47. The van der Waals surface area contributed by atoms with Gasteiger partial charge in [0.2, 0.25) is 11.8 Å². The van der Waals surface area contributed by atoms with Crippen LogP contribution in [0.15, 0.2) is 0 Å². The van der Waals surface area contributed by atoms with Crippen molar-refractivity contribution >= 4 is 11.8 Å². The Morgan fingerprint density at radius 1 is 1.64 bits per heavy atom. The van der Waals surface area contributed by atoms with E-state index in [4.69, 9.17) is 0 Å². The molecule has 1 aliphatic rings. The van der Waals surface area contributed by atoms with E-state index in [1.807, 2.05) is 0 Å². The number of nitrogens with one attached hydrogen (secondary N) is 1. The number of amides is 2. The highest BCUT2D eigenvalue weighted by molar-refractivity contribution is 5.88. The van der Waals surface area contributed by atoms with Crippen LogP contribution in [0.2, 0.25) is 0 Å². The fraction of sp³-hybridized carbons (Fsp3) is 0.778. The number of carbonyl (C=O) groups is 2. The first kappa shape index (κ1) is 11.0. The number of nitrogens with zero attached hydrogens (tertiary/aromatic N) is 2. The maximum absolute atomic E-state index is 11.6. The molecule has 1 aliphatic heterocycles. The average molecular weight is 199 g/mol. The second kappa shape index (κ2) is 4.41. The molecule has 1 saturated heterocycles. The van der Waals surface area contributed by atoms with E-state index in [0.717, 1.165) is 6.42 Å². The minimum Gasteiger partial charge on any atom is -0.347 e. The minimum atomic E-state index is -0.107. The maximum Gasteiger partial charge on any atom is 0.241 e. The number of likely N-dealkylation sites (N-methyl/N-ethyl adjacent to an activating group) is 2. The van der Waals surface area contributed by atoms with Crippen molar-refractivity contribution in [3.63, 3.8) is 0 Å². The van der Waals surface area contributed by atoms with Gasteiger partial charge in [0.25, 0.3) is 0 Å². The molecule has 1 N–H and O–H groups in total. The molecule has 1 atom stereocenters. The zero-order valence-electron chi connectivity index (χ0n) is 8.91. The van der Waals surface area contributed by atoms with Gasteiger partial charge in [0.05, 0.1) is 12.6 Å². The van der Waals surface area contributed by atoms with E-state index in [-0.39, 0.29) is 24.4 Å². The van der Waals surface area contributed by atoms with Crippen LogP contribution in [0.4, 0.5) is 0 Å². The summed E-state index contributed by atoms with van der Waals surface area (Å²) in [5.74, 6) is -0.00203. The van der Waals surface area contributed by atoms with Crippen molar-refractivity contribution in [2.24, 2.45) is 0 Å². The van der Waals surface area contributed by atoms with E-state index in [9.17, 15) is 9.59 Å². The fourth-order valence-electron chi connectivity index (χ4n) is 1.47. The largest absolute Gasteiger partial charge is 0.347 e. The van der Waals surface area contributed by atoms with Crippen LogP contribution in [0.3, 0.4) is 0 Å². The van der Waals surface area contributed by atoms with Crippen molar-refractivity contribution in [1.29, 1.82) is 0 Å². The summed E-state index contributed by atoms with van der Waals surface area (Å²) in [6.45, 7) is 0.869. The van der Waals surface area contributed by atoms with Gasteiger partial charge in [0.15, 0.2) is 0 Å². The molecule has 0 saturated carbocycles. The molecular weight excluding hydrogens is 182 g/mol. The second-order valence-corrected chi connectivity index (χ2v) is 3.68. The van der Waals surface area contributed by atoms with E-state index in [2.05, 4.69) is 5.32 Å². The Morgan fingerprint density at radius 2 is 2.29 bits per heavy atom. The van der Waals surface area contributed by atoms with Crippen molar-refractivity contribution in [3.05, 3.63) is 0 Å². The van der Waals surface area contributed by atoms with Crippen molar-refractivity contribution in [2.75, 3.05) is 34.2 Å². The number of hydrogen-bond donors (Lipinski definition) is 1. The quantitative estimate of drug-likeness (QED) is 0.627. The third-order valence-corrected chi connectivity index (χ3v) is 2.47. The Balaban J connectivity index is 2.48. The molecule has 2 amide bonds. The summed E-state index contributed by atoms with van der Waals surface area (Å²) in [6.07, 6.45) is 0.788. The van der Waals surface area contributed by atoms with Gasteiger partial charge in [0.1, 0.15) is 0 Å². The third kappa shape index (κ3) is 2.23.